The Morgan fingerprint density at radius 1 is 1.21 bits per heavy atom. The van der Waals surface area contributed by atoms with Crippen LogP contribution in [-0.2, 0) is 16.1 Å². The molecule has 8 nitrogen and oxygen atoms in total. The van der Waals surface area contributed by atoms with E-state index in [0.717, 1.165) is 25.7 Å². The predicted molar refractivity (Wildman–Crippen MR) is 126 cm³/mol. The highest BCUT2D eigenvalue weighted by molar-refractivity contribution is 6.04. The van der Waals surface area contributed by atoms with Crippen LogP contribution in [0.15, 0.2) is 18.3 Å². The average Bonchev–Trinajstić information content (AvgIpc) is 3.21. The van der Waals surface area contributed by atoms with E-state index in [1.54, 1.807) is 23.2 Å². The van der Waals surface area contributed by atoms with Crippen molar-refractivity contribution in [3.05, 3.63) is 24.0 Å². The average molecular weight is 467 g/mol. The van der Waals surface area contributed by atoms with Gasteiger partial charge < -0.3 is 10.0 Å². The number of hydrogen-bond acceptors (Lipinski definition) is 6. The fourth-order valence-corrected chi connectivity index (χ4v) is 6.53. The number of piperidine rings is 1. The number of fused-ring (bicyclic) bond motifs is 2. The fraction of sp³-hybridized carbons (Fsp3) is 0.654. The van der Waals surface area contributed by atoms with Gasteiger partial charge in [-0.05, 0) is 55.6 Å². The zero-order valence-electron chi connectivity index (χ0n) is 20.3. The first-order chi connectivity index (χ1) is 16.1. The number of amides is 1. The van der Waals surface area contributed by atoms with E-state index in [0.29, 0.717) is 35.5 Å². The summed E-state index contributed by atoms with van der Waals surface area (Å²) in [7, 11) is 0. The van der Waals surface area contributed by atoms with Crippen molar-refractivity contribution in [2.24, 2.45) is 16.7 Å². The Bertz CT molecular complexity index is 1150. The molecule has 3 heterocycles. The Hall–Kier alpha value is -2.61. The molecule has 1 amide bonds. The number of carbonyl (C=O) groups is 3. The Balaban J connectivity index is 1.37. The van der Waals surface area contributed by atoms with Gasteiger partial charge in [-0.2, -0.15) is 5.10 Å². The number of aromatic nitrogens is 3. The molecule has 4 atom stereocenters. The van der Waals surface area contributed by atoms with Crippen LogP contribution < -0.4 is 0 Å². The number of rotatable bonds is 7. The van der Waals surface area contributed by atoms with Gasteiger partial charge >= 0.3 is 0 Å². The summed E-state index contributed by atoms with van der Waals surface area (Å²) in [6.45, 7) is 5.88. The third-order valence-corrected chi connectivity index (χ3v) is 8.32. The van der Waals surface area contributed by atoms with Crippen molar-refractivity contribution in [1.29, 1.82) is 0 Å². The summed E-state index contributed by atoms with van der Waals surface area (Å²) in [6.07, 6.45) is 7.79. The fourth-order valence-electron chi connectivity index (χ4n) is 6.53. The number of nitrogens with zero attached hydrogens (tertiary/aromatic N) is 4. The van der Waals surface area contributed by atoms with Gasteiger partial charge in [-0.25, -0.2) is 9.67 Å². The first kappa shape index (κ1) is 23.1. The Kier molecular flexibility index (Phi) is 5.62. The maximum atomic E-state index is 13.6. The molecule has 2 aromatic heterocycles. The van der Waals surface area contributed by atoms with Crippen LogP contribution in [0.2, 0.25) is 0 Å². The molecule has 0 spiro atoms. The smallest absolute Gasteiger partial charge is 0.245 e. The number of carbonyl (C=O) groups excluding carboxylic acids is 3. The molecule has 2 aromatic rings. The topological polar surface area (TPSA) is 105 Å². The van der Waals surface area contributed by atoms with Crippen molar-refractivity contribution in [3.63, 3.8) is 0 Å². The molecule has 182 valence electrons. The van der Waals surface area contributed by atoms with Gasteiger partial charge in [0, 0.05) is 31.0 Å². The molecule has 1 aliphatic heterocycles. The summed E-state index contributed by atoms with van der Waals surface area (Å²) in [5.74, 6) is 0.0807. The highest BCUT2D eigenvalue weighted by Crippen LogP contribution is 2.59. The molecule has 3 aliphatic rings. The molecule has 2 saturated carbocycles. The van der Waals surface area contributed by atoms with Crippen LogP contribution in [0.3, 0.4) is 0 Å². The van der Waals surface area contributed by atoms with Gasteiger partial charge in [-0.1, -0.05) is 20.3 Å². The van der Waals surface area contributed by atoms with Crippen molar-refractivity contribution >= 4 is 28.5 Å². The van der Waals surface area contributed by atoms with Crippen LogP contribution in [0.5, 0.6) is 0 Å². The number of likely N-dealkylation sites (tertiary alicyclic amines) is 1. The number of aliphatic hydroxyl groups is 1. The van der Waals surface area contributed by atoms with Gasteiger partial charge in [0.15, 0.2) is 17.2 Å². The molecular weight excluding hydrogens is 432 g/mol. The zero-order chi connectivity index (χ0) is 24.3. The number of pyridine rings is 1. The second-order valence-electron chi connectivity index (χ2n) is 11.5. The standard InChI is InChI=1S/C26H34N4O4/c1-16(32)23-18-7-5-9-27-24(18)29(28-23)14-22(34)30-19(12-26(15-31)13-21(26)30)20(33)10-17-6-4-8-25(2,3)11-17/h5,7,9,17,19,21,31H,4,6,8,10-15H2,1-3H3/t17-,19+,21-,26+/m1/s1. The van der Waals surface area contributed by atoms with E-state index in [1.807, 2.05) is 0 Å². The summed E-state index contributed by atoms with van der Waals surface area (Å²) in [4.78, 5) is 45.1. The summed E-state index contributed by atoms with van der Waals surface area (Å²) in [6, 6.07) is 2.91. The maximum absolute atomic E-state index is 13.6. The maximum Gasteiger partial charge on any atom is 0.245 e. The number of ketones is 2. The van der Waals surface area contributed by atoms with E-state index < -0.39 is 6.04 Å². The monoisotopic (exact) mass is 466 g/mol. The zero-order valence-corrected chi connectivity index (χ0v) is 20.3. The van der Waals surface area contributed by atoms with Crippen LogP contribution in [0.25, 0.3) is 11.0 Å². The van der Waals surface area contributed by atoms with Crippen LogP contribution in [-0.4, -0.2) is 60.9 Å². The first-order valence-corrected chi connectivity index (χ1v) is 12.4. The van der Waals surface area contributed by atoms with Gasteiger partial charge in [0.25, 0.3) is 0 Å². The second kappa shape index (κ2) is 8.26. The first-order valence-electron chi connectivity index (χ1n) is 12.4. The lowest BCUT2D eigenvalue weighted by Gasteiger charge is -2.36. The lowest BCUT2D eigenvalue weighted by Crippen LogP contribution is -2.45. The van der Waals surface area contributed by atoms with Gasteiger partial charge in [-0.15, -0.1) is 0 Å². The number of Topliss-reactive ketones (excluding diaryl/α,β-unsaturated/α-hetero) is 2. The predicted octanol–water partition coefficient (Wildman–Crippen LogP) is 3.16. The van der Waals surface area contributed by atoms with Crippen molar-refractivity contribution in [2.45, 2.75) is 84.3 Å². The molecule has 34 heavy (non-hydrogen) atoms. The van der Waals surface area contributed by atoms with E-state index in [2.05, 4.69) is 23.9 Å². The van der Waals surface area contributed by atoms with E-state index in [1.165, 1.54) is 18.0 Å². The molecular formula is C26H34N4O4. The van der Waals surface area contributed by atoms with Crippen LogP contribution in [0, 0.1) is 16.7 Å². The van der Waals surface area contributed by atoms with Crippen LogP contribution in [0.1, 0.15) is 76.2 Å². The van der Waals surface area contributed by atoms with E-state index >= 15 is 0 Å². The minimum absolute atomic E-state index is 0.0115. The Morgan fingerprint density at radius 3 is 2.71 bits per heavy atom. The number of hydrogen-bond donors (Lipinski definition) is 1. The molecule has 1 N–H and O–H groups in total. The van der Waals surface area contributed by atoms with Crippen molar-refractivity contribution in [3.8, 4) is 0 Å². The molecule has 3 fully saturated rings. The number of aliphatic hydroxyl groups excluding tert-OH is 1. The molecule has 2 aliphatic carbocycles. The van der Waals surface area contributed by atoms with Gasteiger partial charge in [0.2, 0.25) is 5.91 Å². The van der Waals surface area contributed by atoms with Crippen molar-refractivity contribution in [1.82, 2.24) is 19.7 Å². The Labute approximate surface area is 199 Å². The van der Waals surface area contributed by atoms with Crippen molar-refractivity contribution < 1.29 is 19.5 Å². The minimum Gasteiger partial charge on any atom is -0.396 e. The lowest BCUT2D eigenvalue weighted by atomic mass is 9.70. The van der Waals surface area contributed by atoms with E-state index in [4.69, 9.17) is 0 Å². The third kappa shape index (κ3) is 3.96. The van der Waals surface area contributed by atoms with Crippen LogP contribution in [0.4, 0.5) is 0 Å². The highest BCUT2D eigenvalue weighted by atomic mass is 16.3. The molecule has 0 bridgehead atoms. The summed E-state index contributed by atoms with van der Waals surface area (Å²) >= 11 is 0. The van der Waals surface area contributed by atoms with Crippen molar-refractivity contribution in [2.75, 3.05) is 6.61 Å². The summed E-state index contributed by atoms with van der Waals surface area (Å²) in [5, 5.41) is 15.0. The van der Waals surface area contributed by atoms with E-state index in [9.17, 15) is 19.5 Å². The molecule has 1 saturated heterocycles. The third-order valence-electron chi connectivity index (χ3n) is 8.32. The molecule has 0 radical (unpaired) electrons. The van der Waals surface area contributed by atoms with E-state index in [-0.39, 0.29) is 47.5 Å². The lowest BCUT2D eigenvalue weighted by molar-refractivity contribution is -0.140. The summed E-state index contributed by atoms with van der Waals surface area (Å²) < 4.78 is 1.47. The largest absolute Gasteiger partial charge is 0.396 e. The Morgan fingerprint density at radius 2 is 2.00 bits per heavy atom. The highest BCUT2D eigenvalue weighted by Gasteiger charge is 2.66. The van der Waals surface area contributed by atoms with Gasteiger partial charge in [0.05, 0.1) is 18.0 Å². The molecule has 5 rings (SSSR count). The minimum atomic E-state index is -0.495. The van der Waals surface area contributed by atoms with Gasteiger partial charge in [-0.3, -0.25) is 14.4 Å². The van der Waals surface area contributed by atoms with Gasteiger partial charge in [0.1, 0.15) is 12.2 Å². The SMILES string of the molecule is CC(=O)c1nn(CC(=O)N2[C@H](C(=O)C[C@H]3CCCC(C)(C)C3)C[C@@]3(CO)C[C@@H]23)c2ncccc12. The molecule has 8 heteroatoms. The van der Waals surface area contributed by atoms with Crippen LogP contribution >= 0.6 is 0 Å². The second-order valence-corrected chi connectivity index (χ2v) is 11.5. The summed E-state index contributed by atoms with van der Waals surface area (Å²) in [5.41, 5.74) is 0.681. The normalized spacial score (nSPS) is 29.8. The quantitative estimate of drug-likeness (QED) is 0.629. The molecule has 0 aromatic carbocycles. The molecule has 0 unspecified atom stereocenters.